The van der Waals surface area contributed by atoms with Crippen LogP contribution in [-0.4, -0.2) is 29.2 Å². The predicted molar refractivity (Wildman–Crippen MR) is 78.5 cm³/mol. The highest BCUT2D eigenvalue weighted by molar-refractivity contribution is 7.89. The van der Waals surface area contributed by atoms with E-state index in [1.54, 1.807) is 4.72 Å². The Morgan fingerprint density at radius 3 is 2.44 bits per heavy atom. The number of hydrogen-bond donors (Lipinski definition) is 1. The number of rotatable bonds is 4. The summed E-state index contributed by atoms with van der Waals surface area (Å²) in [5.41, 5.74) is -0.269. The minimum atomic E-state index is -4.91. The molecule has 0 aliphatic carbocycles. The molecule has 0 bridgehead atoms. The molecule has 0 saturated heterocycles. The second kappa shape index (κ2) is 6.08. The van der Waals surface area contributed by atoms with Gasteiger partial charge in [-0.2, -0.15) is 17.9 Å². The van der Waals surface area contributed by atoms with Gasteiger partial charge in [-0.3, -0.25) is 4.40 Å². The van der Waals surface area contributed by atoms with Crippen molar-refractivity contribution in [2.24, 2.45) is 0 Å². The Hall–Kier alpha value is -2.53. The third kappa shape index (κ3) is 3.61. The molecule has 132 valence electrons. The van der Waals surface area contributed by atoms with E-state index in [1.165, 1.54) is 16.9 Å². The van der Waals surface area contributed by atoms with Crippen molar-refractivity contribution in [3.05, 3.63) is 60.3 Å². The molecule has 0 aliphatic heterocycles. The average molecular weight is 374 g/mol. The average Bonchev–Trinajstić information content (AvgIpc) is 3.00. The Morgan fingerprint density at radius 2 is 1.80 bits per heavy atom. The van der Waals surface area contributed by atoms with Crippen molar-refractivity contribution in [2.45, 2.75) is 17.1 Å². The van der Waals surface area contributed by atoms with Gasteiger partial charge >= 0.3 is 6.18 Å². The lowest BCUT2D eigenvalue weighted by Crippen LogP contribution is -2.38. The molecule has 11 heteroatoms. The van der Waals surface area contributed by atoms with Crippen LogP contribution in [0.5, 0.6) is 0 Å². The van der Waals surface area contributed by atoms with E-state index < -0.39 is 38.5 Å². The van der Waals surface area contributed by atoms with Gasteiger partial charge in [0.25, 0.3) is 0 Å². The summed E-state index contributed by atoms with van der Waals surface area (Å²) >= 11 is 0. The minimum Gasteiger partial charge on any atom is -0.289 e. The Bertz CT molecular complexity index is 1000. The predicted octanol–water partition coefficient (Wildman–Crippen LogP) is 2.45. The molecule has 0 aliphatic rings. The van der Waals surface area contributed by atoms with Gasteiger partial charge in [-0.05, 0) is 23.8 Å². The van der Waals surface area contributed by atoms with Crippen LogP contribution in [0.3, 0.4) is 0 Å². The fraction of sp³-hybridized carbons (Fsp3) is 0.143. The van der Waals surface area contributed by atoms with Crippen LogP contribution in [0.2, 0.25) is 0 Å². The SMILES string of the molecule is O=S(=O)(NC(c1ccc(F)cc1)C(F)(F)F)c1ccn2cnnc2c1. The van der Waals surface area contributed by atoms with E-state index in [4.69, 9.17) is 0 Å². The molecule has 0 saturated carbocycles. The first-order valence-electron chi connectivity index (χ1n) is 6.81. The van der Waals surface area contributed by atoms with Crippen LogP contribution < -0.4 is 4.72 Å². The molecular formula is C14H10F4N4O2S. The van der Waals surface area contributed by atoms with Gasteiger partial charge in [0, 0.05) is 12.3 Å². The Kier molecular flexibility index (Phi) is 4.21. The summed E-state index contributed by atoms with van der Waals surface area (Å²) in [4.78, 5) is -0.399. The fourth-order valence-corrected chi connectivity index (χ4v) is 3.38. The maximum atomic E-state index is 13.3. The quantitative estimate of drug-likeness (QED) is 0.712. The van der Waals surface area contributed by atoms with Gasteiger partial charge in [-0.1, -0.05) is 12.1 Å². The summed E-state index contributed by atoms with van der Waals surface area (Å²) in [6.07, 6.45) is -2.29. The van der Waals surface area contributed by atoms with E-state index in [-0.39, 0.29) is 5.65 Å². The number of alkyl halides is 3. The van der Waals surface area contributed by atoms with Crippen LogP contribution in [0.1, 0.15) is 11.6 Å². The Morgan fingerprint density at radius 1 is 1.12 bits per heavy atom. The monoisotopic (exact) mass is 374 g/mol. The molecule has 3 aromatic rings. The topological polar surface area (TPSA) is 76.4 Å². The zero-order valence-electron chi connectivity index (χ0n) is 12.3. The van der Waals surface area contributed by atoms with Gasteiger partial charge in [-0.25, -0.2) is 12.8 Å². The molecule has 0 amide bonds. The second-order valence-electron chi connectivity index (χ2n) is 5.11. The van der Waals surface area contributed by atoms with Crippen molar-refractivity contribution in [3.8, 4) is 0 Å². The van der Waals surface area contributed by atoms with E-state index >= 15 is 0 Å². The molecule has 0 fully saturated rings. The Labute approximate surface area is 139 Å². The van der Waals surface area contributed by atoms with Crippen molar-refractivity contribution >= 4 is 15.7 Å². The van der Waals surface area contributed by atoms with Crippen molar-refractivity contribution < 1.29 is 26.0 Å². The molecule has 6 nitrogen and oxygen atoms in total. The molecule has 3 rings (SSSR count). The maximum Gasteiger partial charge on any atom is 0.408 e. The first kappa shape index (κ1) is 17.3. The van der Waals surface area contributed by atoms with E-state index in [0.717, 1.165) is 36.4 Å². The highest BCUT2D eigenvalue weighted by Crippen LogP contribution is 2.34. The van der Waals surface area contributed by atoms with Crippen molar-refractivity contribution in [2.75, 3.05) is 0 Å². The van der Waals surface area contributed by atoms with Crippen molar-refractivity contribution in [1.82, 2.24) is 19.3 Å². The number of aromatic nitrogens is 3. The number of benzene rings is 1. The lowest BCUT2D eigenvalue weighted by atomic mass is 10.1. The standard InChI is InChI=1S/C14H10F4N4O2S/c15-10-3-1-9(2-4-10)13(14(16,17)18)21-25(23,24)11-5-6-22-8-19-20-12(22)7-11/h1-8,13,21H. The number of sulfonamides is 1. The molecule has 1 N–H and O–H groups in total. The molecule has 1 atom stereocenters. The lowest BCUT2D eigenvalue weighted by molar-refractivity contribution is -0.153. The van der Waals surface area contributed by atoms with Gasteiger partial charge in [-0.15, -0.1) is 10.2 Å². The summed E-state index contributed by atoms with van der Waals surface area (Å²) in [6.45, 7) is 0. The molecular weight excluding hydrogens is 364 g/mol. The van der Waals surface area contributed by atoms with E-state index in [0.29, 0.717) is 0 Å². The van der Waals surface area contributed by atoms with Crippen LogP contribution in [0.25, 0.3) is 5.65 Å². The van der Waals surface area contributed by atoms with Gasteiger partial charge in [0.15, 0.2) is 5.65 Å². The summed E-state index contributed by atoms with van der Waals surface area (Å²) in [7, 11) is -4.52. The molecule has 1 unspecified atom stereocenters. The number of nitrogens with zero attached hydrogens (tertiary/aromatic N) is 3. The molecule has 2 heterocycles. The van der Waals surface area contributed by atoms with Crippen LogP contribution in [-0.2, 0) is 10.0 Å². The van der Waals surface area contributed by atoms with Gasteiger partial charge in [0.2, 0.25) is 10.0 Å². The molecule has 0 radical (unpaired) electrons. The van der Waals surface area contributed by atoms with Gasteiger partial charge < -0.3 is 0 Å². The van der Waals surface area contributed by atoms with Crippen LogP contribution in [0.15, 0.2) is 53.8 Å². The van der Waals surface area contributed by atoms with E-state index in [1.807, 2.05) is 0 Å². The highest BCUT2D eigenvalue weighted by atomic mass is 32.2. The first-order chi connectivity index (χ1) is 11.7. The normalized spacial score (nSPS) is 13.9. The highest BCUT2D eigenvalue weighted by Gasteiger charge is 2.43. The number of nitrogens with one attached hydrogen (secondary N) is 1. The van der Waals surface area contributed by atoms with Gasteiger partial charge in [0.05, 0.1) is 4.90 Å². The largest absolute Gasteiger partial charge is 0.408 e. The van der Waals surface area contributed by atoms with Crippen molar-refractivity contribution in [1.29, 1.82) is 0 Å². The third-order valence-corrected chi connectivity index (χ3v) is 4.81. The first-order valence-corrected chi connectivity index (χ1v) is 8.29. The van der Waals surface area contributed by atoms with Crippen LogP contribution in [0.4, 0.5) is 17.6 Å². The fourth-order valence-electron chi connectivity index (χ4n) is 2.17. The maximum absolute atomic E-state index is 13.3. The summed E-state index contributed by atoms with van der Waals surface area (Å²) < 4.78 is 80.6. The molecule has 25 heavy (non-hydrogen) atoms. The summed E-state index contributed by atoms with van der Waals surface area (Å²) in [5, 5.41) is 7.21. The molecule has 1 aromatic carbocycles. The number of pyridine rings is 1. The summed E-state index contributed by atoms with van der Waals surface area (Å²) in [5.74, 6) is -0.732. The van der Waals surface area contributed by atoms with Crippen LogP contribution >= 0.6 is 0 Å². The number of halogens is 4. The lowest BCUT2D eigenvalue weighted by Gasteiger charge is -2.22. The second-order valence-corrected chi connectivity index (χ2v) is 6.82. The zero-order valence-corrected chi connectivity index (χ0v) is 13.1. The van der Waals surface area contributed by atoms with E-state index in [9.17, 15) is 26.0 Å². The molecule has 2 aromatic heterocycles. The Balaban J connectivity index is 1.98. The van der Waals surface area contributed by atoms with Crippen molar-refractivity contribution in [3.63, 3.8) is 0 Å². The summed E-state index contributed by atoms with van der Waals surface area (Å²) in [6, 6.07) is 3.08. The zero-order chi connectivity index (χ0) is 18.2. The molecule has 0 spiro atoms. The van der Waals surface area contributed by atoms with Crippen LogP contribution in [0, 0.1) is 5.82 Å². The number of hydrogen-bond acceptors (Lipinski definition) is 4. The van der Waals surface area contributed by atoms with Gasteiger partial charge in [0.1, 0.15) is 18.2 Å². The van der Waals surface area contributed by atoms with E-state index in [2.05, 4.69) is 10.2 Å². The third-order valence-electron chi connectivity index (χ3n) is 3.39. The smallest absolute Gasteiger partial charge is 0.289 e. The number of fused-ring (bicyclic) bond motifs is 1. The minimum absolute atomic E-state index is 0.160.